The van der Waals surface area contributed by atoms with E-state index in [4.69, 9.17) is 0 Å². The minimum Gasteiger partial charge on any atom is -0.469 e. The quantitative estimate of drug-likeness (QED) is 0.265. The van der Waals surface area contributed by atoms with Crippen molar-refractivity contribution in [2.45, 2.75) is 83.3 Å². The maximum Gasteiger partial charge on any atom is 0.305 e. The molecular weight excluding hydrogens is 390 g/mol. The molecule has 0 bridgehead atoms. The van der Waals surface area contributed by atoms with E-state index >= 15 is 0 Å². The van der Waals surface area contributed by atoms with Gasteiger partial charge in [-0.25, -0.2) is 0 Å². The third-order valence-electron chi connectivity index (χ3n) is 6.21. The van der Waals surface area contributed by atoms with E-state index in [9.17, 15) is 14.7 Å². The zero-order valence-corrected chi connectivity index (χ0v) is 19.2. The number of carbonyl (C=O) groups excluding carboxylic acids is 2. The molecule has 3 atom stereocenters. The molecule has 1 aromatic carbocycles. The Morgan fingerprint density at radius 1 is 1.19 bits per heavy atom. The first-order chi connectivity index (χ1) is 15.0. The highest BCUT2D eigenvalue weighted by atomic mass is 16.5. The lowest BCUT2D eigenvalue weighted by Crippen LogP contribution is -2.33. The van der Waals surface area contributed by atoms with Crippen molar-refractivity contribution >= 4 is 11.9 Å². The van der Waals surface area contributed by atoms with Crippen LogP contribution in [0.3, 0.4) is 0 Å². The van der Waals surface area contributed by atoms with Gasteiger partial charge in [-0.3, -0.25) is 9.59 Å². The number of methoxy groups -OCH3 is 1. The van der Waals surface area contributed by atoms with Crippen molar-refractivity contribution < 1.29 is 19.4 Å². The maximum absolute atomic E-state index is 12.3. The number of esters is 1. The summed E-state index contributed by atoms with van der Waals surface area (Å²) in [6, 6.07) is 10.5. The van der Waals surface area contributed by atoms with E-state index in [1.54, 1.807) is 0 Å². The van der Waals surface area contributed by atoms with Crippen LogP contribution in [0.2, 0.25) is 0 Å². The summed E-state index contributed by atoms with van der Waals surface area (Å²) in [5.41, 5.74) is 1.34. The van der Waals surface area contributed by atoms with Crippen LogP contribution in [-0.2, 0) is 20.7 Å². The number of aryl methyl sites for hydroxylation is 1. The van der Waals surface area contributed by atoms with Gasteiger partial charge in [0.15, 0.2) is 0 Å². The highest BCUT2D eigenvalue weighted by molar-refractivity contribution is 5.79. The molecule has 172 valence electrons. The van der Waals surface area contributed by atoms with Crippen LogP contribution in [0.4, 0.5) is 0 Å². The number of aliphatic hydroxyl groups excluding tert-OH is 1. The van der Waals surface area contributed by atoms with Gasteiger partial charge >= 0.3 is 5.97 Å². The third-order valence-corrected chi connectivity index (χ3v) is 6.21. The molecule has 1 heterocycles. The fraction of sp³-hybridized carbons (Fsp3) is 0.615. The van der Waals surface area contributed by atoms with Gasteiger partial charge in [-0.1, -0.05) is 62.2 Å². The van der Waals surface area contributed by atoms with Gasteiger partial charge in [-0.2, -0.15) is 0 Å². The van der Waals surface area contributed by atoms with E-state index < -0.39 is 6.10 Å². The molecule has 5 nitrogen and oxygen atoms in total. The van der Waals surface area contributed by atoms with Gasteiger partial charge in [0.2, 0.25) is 5.91 Å². The first-order valence-corrected chi connectivity index (χ1v) is 11.8. The number of carbonyl (C=O) groups is 2. The molecule has 1 fully saturated rings. The molecule has 1 saturated heterocycles. The fourth-order valence-electron chi connectivity index (χ4n) is 4.13. The molecule has 1 amide bonds. The molecule has 1 aliphatic rings. The Kier molecular flexibility index (Phi) is 11.4. The van der Waals surface area contributed by atoms with Crippen molar-refractivity contribution in [3.05, 3.63) is 48.0 Å². The van der Waals surface area contributed by atoms with Crippen LogP contribution in [0.25, 0.3) is 0 Å². The molecule has 0 radical (unpaired) electrons. The van der Waals surface area contributed by atoms with Crippen LogP contribution in [0.15, 0.2) is 42.5 Å². The van der Waals surface area contributed by atoms with Crippen molar-refractivity contribution in [2.75, 3.05) is 13.7 Å². The number of unbranched alkanes of at least 4 members (excludes halogenated alkanes) is 3. The minimum absolute atomic E-state index is 0.0914. The van der Waals surface area contributed by atoms with E-state index in [0.29, 0.717) is 12.8 Å². The van der Waals surface area contributed by atoms with Crippen molar-refractivity contribution in [2.24, 2.45) is 5.92 Å². The number of hydrogen-bond donors (Lipinski definition) is 1. The predicted molar refractivity (Wildman–Crippen MR) is 124 cm³/mol. The minimum atomic E-state index is -0.480. The number of nitrogens with zero attached hydrogens (tertiary/aromatic N) is 1. The van der Waals surface area contributed by atoms with Crippen LogP contribution in [0.5, 0.6) is 0 Å². The Morgan fingerprint density at radius 3 is 2.68 bits per heavy atom. The standard InChI is InChI=1S/C26H39NO4/c1-21(11-10-14-22-12-6-5-7-13-22)24(28)18-16-23-17-19-25(29)27(23)20-9-4-3-8-15-26(30)31-2/h5-7,12-13,16,18,21,23-24,28H,3-4,8-11,14-15,17,19-20H2,1-2H3/t21-,23+,24+/m1/s1. The van der Waals surface area contributed by atoms with Crippen LogP contribution >= 0.6 is 0 Å². The Hall–Kier alpha value is -2.14. The Balaban J connectivity index is 1.68. The van der Waals surface area contributed by atoms with Crippen LogP contribution in [-0.4, -0.2) is 47.7 Å². The average Bonchev–Trinajstić information content (AvgIpc) is 3.14. The second-order valence-corrected chi connectivity index (χ2v) is 8.66. The number of benzene rings is 1. The molecule has 0 saturated carbocycles. The number of amides is 1. The van der Waals surface area contributed by atoms with Crippen molar-refractivity contribution in [1.29, 1.82) is 0 Å². The first kappa shape index (κ1) is 25.1. The second-order valence-electron chi connectivity index (χ2n) is 8.66. The number of ether oxygens (including phenoxy) is 1. The van der Waals surface area contributed by atoms with E-state index in [2.05, 4.69) is 35.9 Å². The van der Waals surface area contributed by atoms with Gasteiger partial charge in [0, 0.05) is 19.4 Å². The molecule has 2 rings (SSSR count). The SMILES string of the molecule is COC(=O)CCCCCCN1C(=O)CC[C@@H]1C=C[C@H](O)[C@H](C)CCCc1ccccc1. The number of rotatable bonds is 14. The van der Waals surface area contributed by atoms with Gasteiger partial charge in [0.25, 0.3) is 0 Å². The van der Waals surface area contributed by atoms with Crippen LogP contribution < -0.4 is 0 Å². The molecule has 1 N–H and O–H groups in total. The van der Waals surface area contributed by atoms with Crippen molar-refractivity contribution in [1.82, 2.24) is 4.90 Å². The number of hydrogen-bond acceptors (Lipinski definition) is 4. The van der Waals surface area contributed by atoms with Gasteiger partial charge in [0.1, 0.15) is 0 Å². The van der Waals surface area contributed by atoms with Gasteiger partial charge in [0.05, 0.1) is 19.3 Å². The summed E-state index contributed by atoms with van der Waals surface area (Å²) >= 11 is 0. The number of aliphatic hydroxyl groups is 1. The summed E-state index contributed by atoms with van der Waals surface area (Å²) in [6.07, 6.45) is 12.1. The highest BCUT2D eigenvalue weighted by Gasteiger charge is 2.28. The lowest BCUT2D eigenvalue weighted by atomic mass is 9.95. The molecular formula is C26H39NO4. The monoisotopic (exact) mass is 429 g/mol. The second kappa shape index (κ2) is 14.0. The maximum atomic E-state index is 12.3. The molecule has 0 aromatic heterocycles. The van der Waals surface area contributed by atoms with E-state index in [0.717, 1.165) is 57.9 Å². The third kappa shape index (κ3) is 9.26. The zero-order valence-electron chi connectivity index (χ0n) is 19.2. The molecule has 0 aliphatic carbocycles. The molecule has 0 unspecified atom stereocenters. The summed E-state index contributed by atoms with van der Waals surface area (Å²) < 4.78 is 4.65. The van der Waals surface area contributed by atoms with E-state index in [1.807, 2.05) is 23.1 Å². The van der Waals surface area contributed by atoms with Gasteiger partial charge in [-0.15, -0.1) is 0 Å². The summed E-state index contributed by atoms with van der Waals surface area (Å²) in [5.74, 6) is 0.239. The van der Waals surface area contributed by atoms with Gasteiger partial charge < -0.3 is 14.7 Å². The van der Waals surface area contributed by atoms with E-state index in [-0.39, 0.29) is 23.8 Å². The van der Waals surface area contributed by atoms with Crippen molar-refractivity contribution in [3.63, 3.8) is 0 Å². The van der Waals surface area contributed by atoms with Crippen LogP contribution in [0.1, 0.15) is 70.3 Å². The number of likely N-dealkylation sites (tertiary alicyclic amines) is 1. The van der Waals surface area contributed by atoms with Crippen molar-refractivity contribution in [3.8, 4) is 0 Å². The van der Waals surface area contributed by atoms with E-state index in [1.165, 1.54) is 12.7 Å². The highest BCUT2D eigenvalue weighted by Crippen LogP contribution is 2.22. The lowest BCUT2D eigenvalue weighted by molar-refractivity contribution is -0.140. The van der Waals surface area contributed by atoms with Crippen LogP contribution in [0, 0.1) is 5.92 Å². The summed E-state index contributed by atoms with van der Waals surface area (Å²) in [4.78, 5) is 25.3. The largest absolute Gasteiger partial charge is 0.469 e. The first-order valence-electron chi connectivity index (χ1n) is 11.8. The average molecular weight is 430 g/mol. The van der Waals surface area contributed by atoms with Gasteiger partial charge in [-0.05, 0) is 50.0 Å². The molecule has 5 heteroatoms. The lowest BCUT2D eigenvalue weighted by Gasteiger charge is -2.23. The topological polar surface area (TPSA) is 66.8 Å². The summed E-state index contributed by atoms with van der Waals surface area (Å²) in [7, 11) is 1.41. The normalized spacial score (nSPS) is 18.5. The Labute approximate surface area is 187 Å². The Bertz CT molecular complexity index is 688. The fourth-order valence-corrected chi connectivity index (χ4v) is 4.13. The zero-order chi connectivity index (χ0) is 22.5. The Morgan fingerprint density at radius 2 is 1.94 bits per heavy atom. The smallest absolute Gasteiger partial charge is 0.305 e. The predicted octanol–water partition coefficient (Wildman–Crippen LogP) is 4.68. The summed E-state index contributed by atoms with van der Waals surface area (Å²) in [6.45, 7) is 2.83. The summed E-state index contributed by atoms with van der Waals surface area (Å²) in [5, 5.41) is 10.5. The molecule has 1 aromatic rings. The molecule has 0 spiro atoms. The molecule has 31 heavy (non-hydrogen) atoms. The molecule has 1 aliphatic heterocycles.